The fourth-order valence-electron chi connectivity index (χ4n) is 4.25. The molecule has 0 amide bonds. The van der Waals surface area contributed by atoms with E-state index in [1.807, 2.05) is 13.8 Å². The van der Waals surface area contributed by atoms with E-state index in [2.05, 4.69) is 65.0 Å². The van der Waals surface area contributed by atoms with Crippen molar-refractivity contribution in [3.63, 3.8) is 0 Å². The van der Waals surface area contributed by atoms with Gasteiger partial charge in [0.25, 0.3) is 0 Å². The molecule has 0 aromatic heterocycles. The molecule has 4 unspecified atom stereocenters. The van der Waals surface area contributed by atoms with Crippen LogP contribution in [0.5, 0.6) is 0 Å². The lowest BCUT2D eigenvalue weighted by Crippen LogP contribution is -2.18. The van der Waals surface area contributed by atoms with Gasteiger partial charge in [-0.1, -0.05) is 103 Å². The summed E-state index contributed by atoms with van der Waals surface area (Å²) in [6.45, 7) is 15.3. The average molecular weight is 417 g/mol. The quantitative estimate of drug-likeness (QED) is 0.110. The van der Waals surface area contributed by atoms with Crippen molar-refractivity contribution < 1.29 is 9.53 Å². The number of hydrogen-bond acceptors (Lipinski definition) is 2. The number of ketones is 1. The minimum Gasteiger partial charge on any atom is -0.369 e. The molecule has 172 valence electrons. The minimum atomic E-state index is 0.0462. The van der Waals surface area contributed by atoms with Crippen molar-refractivity contribution in [3.8, 4) is 0 Å². The van der Waals surface area contributed by atoms with E-state index in [-0.39, 0.29) is 23.5 Å². The molecule has 0 N–H and O–H groups in total. The van der Waals surface area contributed by atoms with Crippen LogP contribution in [-0.4, -0.2) is 18.0 Å². The zero-order chi connectivity index (χ0) is 22.6. The summed E-state index contributed by atoms with van der Waals surface area (Å²) in [7, 11) is 0. The highest BCUT2D eigenvalue weighted by Gasteiger charge is 2.45. The Kier molecular flexibility index (Phi) is 12.6. The average Bonchev–Trinajstić information content (AvgIpc) is 3.44. The van der Waals surface area contributed by atoms with Gasteiger partial charge in [0.05, 0.1) is 12.2 Å². The van der Waals surface area contributed by atoms with Gasteiger partial charge in [0.15, 0.2) is 0 Å². The monoisotopic (exact) mass is 416 g/mol. The molecule has 1 fully saturated rings. The lowest BCUT2D eigenvalue weighted by atomic mass is 9.85. The first-order valence-electron chi connectivity index (χ1n) is 12.4. The van der Waals surface area contributed by atoms with Gasteiger partial charge in [-0.05, 0) is 43.9 Å². The Labute approximate surface area is 187 Å². The van der Waals surface area contributed by atoms with Crippen molar-refractivity contribution in [2.24, 2.45) is 17.3 Å². The van der Waals surface area contributed by atoms with Gasteiger partial charge in [-0.25, -0.2) is 0 Å². The molecule has 0 aromatic rings. The van der Waals surface area contributed by atoms with Crippen molar-refractivity contribution in [1.29, 1.82) is 0 Å². The highest BCUT2D eigenvalue weighted by atomic mass is 16.6. The second-order valence-electron chi connectivity index (χ2n) is 10.1. The van der Waals surface area contributed by atoms with Gasteiger partial charge in [0, 0.05) is 12.3 Å². The molecule has 1 saturated heterocycles. The molecule has 1 aliphatic heterocycles. The van der Waals surface area contributed by atoms with Gasteiger partial charge < -0.3 is 4.74 Å². The van der Waals surface area contributed by atoms with Crippen molar-refractivity contribution in [1.82, 2.24) is 0 Å². The molecular weight excluding hydrogens is 368 g/mol. The van der Waals surface area contributed by atoms with Gasteiger partial charge in [-0.15, -0.1) is 0 Å². The van der Waals surface area contributed by atoms with Crippen molar-refractivity contribution in [2.45, 2.75) is 118 Å². The van der Waals surface area contributed by atoms with Crippen LogP contribution >= 0.6 is 0 Å². The lowest BCUT2D eigenvalue weighted by molar-refractivity contribution is -0.122. The molecule has 0 aromatic carbocycles. The molecular formula is C28H48O2. The van der Waals surface area contributed by atoms with Crippen molar-refractivity contribution in [3.05, 3.63) is 36.0 Å². The third-order valence-electron chi connectivity index (χ3n) is 6.17. The Balaban J connectivity index is 2.32. The van der Waals surface area contributed by atoms with Gasteiger partial charge in [0.2, 0.25) is 0 Å². The molecule has 4 atom stereocenters. The van der Waals surface area contributed by atoms with Crippen LogP contribution in [0.15, 0.2) is 36.0 Å². The summed E-state index contributed by atoms with van der Waals surface area (Å²) in [6, 6.07) is 0. The van der Waals surface area contributed by atoms with E-state index in [0.717, 1.165) is 12.8 Å². The number of epoxide rings is 1. The summed E-state index contributed by atoms with van der Waals surface area (Å²) in [4.78, 5) is 11.8. The molecule has 0 aliphatic carbocycles. The molecule has 1 rings (SSSR count). The standard InChI is InChI=1S/C28H48O2/c1-8-10-11-12-13-14-15-19-28(6,7)21-23(4)18-16-17-22(3)20-26-27(30-26)24(5)25(29)9-2/h15-19,22,24,26-27H,8-14,20-21H2,1-7H3/b17-16+,19-15+,23-18+. The van der Waals surface area contributed by atoms with Crippen molar-refractivity contribution >= 4 is 5.78 Å². The van der Waals surface area contributed by atoms with Crippen LogP contribution in [0.1, 0.15) is 106 Å². The number of carbonyl (C=O) groups excluding carboxylic acids is 1. The molecule has 0 saturated carbocycles. The molecule has 30 heavy (non-hydrogen) atoms. The van der Waals surface area contributed by atoms with Gasteiger partial charge in [-0.3, -0.25) is 4.79 Å². The van der Waals surface area contributed by atoms with E-state index < -0.39 is 0 Å². The van der Waals surface area contributed by atoms with Crippen LogP contribution in [0.4, 0.5) is 0 Å². The topological polar surface area (TPSA) is 29.6 Å². The number of allylic oxidation sites excluding steroid dienone is 6. The van der Waals surface area contributed by atoms with Crippen LogP contribution in [0.3, 0.4) is 0 Å². The summed E-state index contributed by atoms with van der Waals surface area (Å²) < 4.78 is 5.76. The Morgan fingerprint density at radius 2 is 1.80 bits per heavy atom. The first-order valence-corrected chi connectivity index (χ1v) is 12.4. The van der Waals surface area contributed by atoms with E-state index >= 15 is 0 Å². The largest absolute Gasteiger partial charge is 0.369 e. The van der Waals surface area contributed by atoms with Gasteiger partial charge >= 0.3 is 0 Å². The van der Waals surface area contributed by atoms with Crippen LogP contribution in [0, 0.1) is 17.3 Å². The number of ether oxygens (including phenoxy) is 1. The first-order chi connectivity index (χ1) is 14.2. The highest BCUT2D eigenvalue weighted by Crippen LogP contribution is 2.35. The van der Waals surface area contributed by atoms with E-state index in [1.54, 1.807) is 0 Å². The number of unbranched alkanes of at least 4 members (excludes halogenated alkanes) is 5. The second kappa shape index (κ2) is 14.0. The lowest BCUT2D eigenvalue weighted by Gasteiger charge is -2.20. The fourth-order valence-corrected chi connectivity index (χ4v) is 4.25. The molecule has 0 radical (unpaired) electrons. The second-order valence-corrected chi connectivity index (χ2v) is 10.1. The SMILES string of the molecule is CCCCCCC/C=C/C(C)(C)C/C(C)=C/C=C/C(C)CC1OC1C(C)C(=O)CC. The predicted octanol–water partition coefficient (Wildman–Crippen LogP) is 8.23. The molecule has 0 spiro atoms. The summed E-state index contributed by atoms with van der Waals surface area (Å²) in [5.41, 5.74) is 1.62. The zero-order valence-corrected chi connectivity index (χ0v) is 20.9. The Hall–Kier alpha value is -1.15. The number of carbonyl (C=O) groups is 1. The summed E-state index contributed by atoms with van der Waals surface area (Å²) >= 11 is 0. The van der Waals surface area contributed by atoms with E-state index in [9.17, 15) is 4.79 Å². The zero-order valence-electron chi connectivity index (χ0n) is 20.9. The van der Waals surface area contributed by atoms with Gasteiger partial charge in [0.1, 0.15) is 5.78 Å². The van der Waals surface area contributed by atoms with Crippen LogP contribution in [0.25, 0.3) is 0 Å². The molecule has 2 heteroatoms. The van der Waals surface area contributed by atoms with E-state index in [0.29, 0.717) is 18.1 Å². The van der Waals surface area contributed by atoms with Crippen LogP contribution in [0.2, 0.25) is 0 Å². The van der Waals surface area contributed by atoms with E-state index in [4.69, 9.17) is 4.74 Å². The smallest absolute Gasteiger partial charge is 0.138 e. The summed E-state index contributed by atoms with van der Waals surface area (Å²) in [5.74, 6) is 0.830. The predicted molar refractivity (Wildman–Crippen MR) is 131 cm³/mol. The van der Waals surface area contributed by atoms with Crippen LogP contribution in [-0.2, 0) is 9.53 Å². The summed E-state index contributed by atoms with van der Waals surface area (Å²) in [6.07, 6.45) is 22.6. The number of Topliss-reactive ketones (excluding diaryl/α,β-unsaturated/α-hetero) is 1. The highest BCUT2D eigenvalue weighted by molar-refractivity contribution is 5.81. The molecule has 2 nitrogen and oxygen atoms in total. The Morgan fingerprint density at radius 1 is 1.10 bits per heavy atom. The maximum atomic E-state index is 11.8. The number of hydrogen-bond donors (Lipinski definition) is 0. The third-order valence-corrected chi connectivity index (χ3v) is 6.17. The number of rotatable bonds is 16. The maximum Gasteiger partial charge on any atom is 0.138 e. The van der Waals surface area contributed by atoms with Gasteiger partial charge in [-0.2, -0.15) is 0 Å². The molecule has 0 bridgehead atoms. The Bertz CT molecular complexity index is 581. The first kappa shape index (κ1) is 26.9. The third kappa shape index (κ3) is 11.3. The molecule has 1 heterocycles. The fraction of sp³-hybridized carbons (Fsp3) is 0.750. The normalized spacial score (nSPS) is 22.0. The summed E-state index contributed by atoms with van der Waals surface area (Å²) in [5, 5.41) is 0. The van der Waals surface area contributed by atoms with Crippen LogP contribution < -0.4 is 0 Å². The van der Waals surface area contributed by atoms with E-state index in [1.165, 1.54) is 44.1 Å². The minimum absolute atomic E-state index is 0.0462. The van der Waals surface area contributed by atoms with Crippen molar-refractivity contribution in [2.75, 3.05) is 0 Å². The molecule has 1 aliphatic rings. The maximum absolute atomic E-state index is 11.8. The Morgan fingerprint density at radius 3 is 2.47 bits per heavy atom.